The van der Waals surface area contributed by atoms with Crippen LogP contribution in [0.2, 0.25) is 0 Å². The van der Waals surface area contributed by atoms with Crippen molar-refractivity contribution in [2.45, 2.75) is 32.9 Å². The third kappa shape index (κ3) is 3.13. The summed E-state index contributed by atoms with van der Waals surface area (Å²) >= 11 is 0. The van der Waals surface area contributed by atoms with Crippen LogP contribution in [0.1, 0.15) is 37.5 Å². The molecule has 0 aliphatic carbocycles. The SMILES string of the molecule is CCC(=O)[C@@H](C)[C@H](O)c1cn(Cc2ccccc2)c2ccccc12. The lowest BCUT2D eigenvalue weighted by molar-refractivity contribution is -0.125. The Morgan fingerprint density at radius 1 is 1.08 bits per heavy atom. The van der Waals surface area contributed by atoms with Crippen LogP contribution in [0.5, 0.6) is 0 Å². The normalized spacial score (nSPS) is 13.8. The Morgan fingerprint density at radius 3 is 2.46 bits per heavy atom. The number of nitrogens with zero attached hydrogens (tertiary/aromatic N) is 1. The predicted molar refractivity (Wildman–Crippen MR) is 96.9 cm³/mol. The van der Waals surface area contributed by atoms with Crippen LogP contribution < -0.4 is 0 Å². The molecular weight excluding hydrogens is 298 g/mol. The highest BCUT2D eigenvalue weighted by molar-refractivity contribution is 5.86. The van der Waals surface area contributed by atoms with Crippen molar-refractivity contribution >= 4 is 16.7 Å². The van der Waals surface area contributed by atoms with E-state index >= 15 is 0 Å². The first-order chi connectivity index (χ1) is 11.6. The van der Waals surface area contributed by atoms with E-state index in [2.05, 4.69) is 22.8 Å². The van der Waals surface area contributed by atoms with Gasteiger partial charge in [-0.25, -0.2) is 0 Å². The molecule has 1 aromatic heterocycles. The molecule has 3 nitrogen and oxygen atoms in total. The minimum Gasteiger partial charge on any atom is -0.388 e. The molecule has 0 unspecified atom stereocenters. The Balaban J connectivity index is 2.02. The van der Waals surface area contributed by atoms with Crippen molar-refractivity contribution < 1.29 is 9.90 Å². The molecule has 0 aliphatic heterocycles. The summed E-state index contributed by atoms with van der Waals surface area (Å²) < 4.78 is 2.15. The Morgan fingerprint density at radius 2 is 1.75 bits per heavy atom. The third-order valence-electron chi connectivity index (χ3n) is 4.66. The Hall–Kier alpha value is -2.39. The summed E-state index contributed by atoms with van der Waals surface area (Å²) in [4.78, 5) is 12.0. The van der Waals surface area contributed by atoms with E-state index in [1.54, 1.807) is 6.92 Å². The molecule has 2 atom stereocenters. The zero-order chi connectivity index (χ0) is 17.1. The smallest absolute Gasteiger partial charge is 0.138 e. The van der Waals surface area contributed by atoms with Gasteiger partial charge in [0.1, 0.15) is 5.78 Å². The summed E-state index contributed by atoms with van der Waals surface area (Å²) in [5.41, 5.74) is 3.11. The summed E-state index contributed by atoms with van der Waals surface area (Å²) in [7, 11) is 0. The lowest BCUT2D eigenvalue weighted by Crippen LogP contribution is -2.18. The summed E-state index contributed by atoms with van der Waals surface area (Å²) in [6.45, 7) is 4.38. The number of Topliss-reactive ketones (excluding diaryl/α,β-unsaturated/α-hetero) is 1. The first-order valence-electron chi connectivity index (χ1n) is 8.44. The van der Waals surface area contributed by atoms with Gasteiger partial charge in [-0.2, -0.15) is 0 Å². The molecule has 3 heteroatoms. The zero-order valence-corrected chi connectivity index (χ0v) is 14.1. The van der Waals surface area contributed by atoms with Gasteiger partial charge in [0.15, 0.2) is 0 Å². The fourth-order valence-electron chi connectivity index (χ4n) is 3.19. The van der Waals surface area contributed by atoms with E-state index in [1.165, 1.54) is 5.56 Å². The number of fused-ring (bicyclic) bond motifs is 1. The molecule has 0 spiro atoms. The van der Waals surface area contributed by atoms with Crippen molar-refractivity contribution in [3.8, 4) is 0 Å². The van der Waals surface area contributed by atoms with Crippen LogP contribution in [0.25, 0.3) is 10.9 Å². The molecule has 0 saturated heterocycles. The van der Waals surface area contributed by atoms with Crippen molar-refractivity contribution in [2.75, 3.05) is 0 Å². The number of hydrogen-bond donors (Lipinski definition) is 1. The van der Waals surface area contributed by atoms with Gasteiger partial charge in [0, 0.05) is 41.5 Å². The maximum absolute atomic E-state index is 12.0. The van der Waals surface area contributed by atoms with Crippen LogP contribution in [0.4, 0.5) is 0 Å². The Bertz CT molecular complexity index is 835. The number of hydrogen-bond acceptors (Lipinski definition) is 2. The molecular formula is C21H23NO2. The number of carbonyl (C=O) groups is 1. The zero-order valence-electron chi connectivity index (χ0n) is 14.1. The maximum atomic E-state index is 12.0. The van der Waals surface area contributed by atoms with Gasteiger partial charge >= 0.3 is 0 Å². The van der Waals surface area contributed by atoms with Gasteiger partial charge < -0.3 is 9.67 Å². The summed E-state index contributed by atoms with van der Waals surface area (Å²) in [6, 6.07) is 18.3. The van der Waals surface area contributed by atoms with Crippen molar-refractivity contribution in [3.05, 3.63) is 71.9 Å². The highest BCUT2D eigenvalue weighted by atomic mass is 16.3. The van der Waals surface area contributed by atoms with Gasteiger partial charge in [-0.15, -0.1) is 0 Å². The molecule has 0 bridgehead atoms. The molecule has 1 N–H and O–H groups in total. The molecule has 0 radical (unpaired) electrons. The van der Waals surface area contributed by atoms with Gasteiger partial charge in [0.25, 0.3) is 0 Å². The fourth-order valence-corrected chi connectivity index (χ4v) is 3.19. The summed E-state index contributed by atoms with van der Waals surface area (Å²) in [5.74, 6) is -0.312. The molecule has 124 valence electrons. The maximum Gasteiger partial charge on any atom is 0.138 e. The second kappa shape index (κ2) is 7.02. The predicted octanol–water partition coefficient (Wildman–Crippen LogP) is 4.34. The van der Waals surface area contributed by atoms with E-state index in [0.29, 0.717) is 6.42 Å². The molecule has 2 aromatic carbocycles. The highest BCUT2D eigenvalue weighted by Crippen LogP contribution is 2.32. The minimum absolute atomic E-state index is 0.0855. The van der Waals surface area contributed by atoms with Crippen LogP contribution in [0.3, 0.4) is 0 Å². The topological polar surface area (TPSA) is 42.2 Å². The number of aliphatic hydroxyl groups excluding tert-OH is 1. The quantitative estimate of drug-likeness (QED) is 0.734. The number of aliphatic hydroxyl groups is 1. The largest absolute Gasteiger partial charge is 0.388 e. The van der Waals surface area contributed by atoms with Crippen LogP contribution in [-0.2, 0) is 11.3 Å². The summed E-state index contributed by atoms with van der Waals surface area (Å²) in [6.07, 6.45) is 1.65. The Labute approximate surface area is 142 Å². The van der Waals surface area contributed by atoms with E-state index in [9.17, 15) is 9.90 Å². The van der Waals surface area contributed by atoms with E-state index in [0.717, 1.165) is 23.0 Å². The van der Waals surface area contributed by atoms with Gasteiger partial charge in [0.05, 0.1) is 6.10 Å². The first kappa shape index (κ1) is 16.5. The monoisotopic (exact) mass is 321 g/mol. The second-order valence-electron chi connectivity index (χ2n) is 6.27. The Kier molecular flexibility index (Phi) is 4.81. The van der Waals surface area contributed by atoms with E-state index in [-0.39, 0.29) is 5.78 Å². The summed E-state index contributed by atoms with van der Waals surface area (Å²) in [5, 5.41) is 11.7. The van der Waals surface area contributed by atoms with Gasteiger partial charge in [-0.1, -0.05) is 62.4 Å². The van der Waals surface area contributed by atoms with Crippen molar-refractivity contribution in [1.82, 2.24) is 4.57 Å². The molecule has 3 aromatic rings. The minimum atomic E-state index is -0.778. The lowest BCUT2D eigenvalue weighted by atomic mass is 9.92. The van der Waals surface area contributed by atoms with Crippen molar-refractivity contribution in [3.63, 3.8) is 0 Å². The average molecular weight is 321 g/mol. The van der Waals surface area contributed by atoms with Crippen LogP contribution >= 0.6 is 0 Å². The van der Waals surface area contributed by atoms with Gasteiger partial charge in [0.2, 0.25) is 0 Å². The lowest BCUT2D eigenvalue weighted by Gasteiger charge is -2.16. The number of aromatic nitrogens is 1. The molecule has 1 heterocycles. The molecule has 3 rings (SSSR count). The van der Waals surface area contributed by atoms with Crippen molar-refractivity contribution in [2.24, 2.45) is 5.92 Å². The molecule has 24 heavy (non-hydrogen) atoms. The van der Waals surface area contributed by atoms with Gasteiger partial charge in [-0.3, -0.25) is 4.79 Å². The second-order valence-corrected chi connectivity index (χ2v) is 6.27. The molecule has 0 saturated carbocycles. The number of benzene rings is 2. The van der Waals surface area contributed by atoms with E-state index in [1.807, 2.05) is 49.5 Å². The number of para-hydroxylation sites is 1. The molecule has 0 amide bonds. The fraction of sp³-hybridized carbons (Fsp3) is 0.286. The molecule has 0 fully saturated rings. The molecule has 0 aliphatic rings. The third-order valence-corrected chi connectivity index (χ3v) is 4.66. The van der Waals surface area contributed by atoms with Crippen LogP contribution in [0, 0.1) is 5.92 Å². The first-order valence-corrected chi connectivity index (χ1v) is 8.44. The number of carbonyl (C=O) groups excluding carboxylic acids is 1. The average Bonchev–Trinajstić information content (AvgIpc) is 2.99. The van der Waals surface area contributed by atoms with Crippen LogP contribution in [0.15, 0.2) is 60.8 Å². The highest BCUT2D eigenvalue weighted by Gasteiger charge is 2.25. The number of ketones is 1. The van der Waals surface area contributed by atoms with E-state index < -0.39 is 12.0 Å². The van der Waals surface area contributed by atoms with Crippen molar-refractivity contribution in [1.29, 1.82) is 0 Å². The van der Waals surface area contributed by atoms with Crippen LogP contribution in [-0.4, -0.2) is 15.5 Å². The van der Waals surface area contributed by atoms with Gasteiger partial charge in [-0.05, 0) is 11.6 Å². The number of rotatable bonds is 6. The standard InChI is InChI=1S/C21H23NO2/c1-3-20(23)15(2)21(24)18-14-22(13-16-9-5-4-6-10-16)19-12-8-7-11-17(18)19/h4-12,14-15,21,24H,3,13H2,1-2H3/t15-,21+/m1/s1. The van der Waals surface area contributed by atoms with E-state index in [4.69, 9.17) is 0 Å².